The Bertz CT molecular complexity index is 708. The first-order valence-electron chi connectivity index (χ1n) is 6.01. The largest absolute Gasteiger partial charge is 0.506 e. The molecule has 0 saturated heterocycles. The van der Waals surface area contributed by atoms with Crippen molar-refractivity contribution in [2.45, 2.75) is 6.92 Å². The minimum Gasteiger partial charge on any atom is -0.506 e. The number of aromatic carboxylic acids is 1. The molecule has 2 amide bonds. The molecule has 2 rings (SSSR count). The lowest BCUT2D eigenvalue weighted by Crippen LogP contribution is -2.19. The van der Waals surface area contributed by atoms with Crippen LogP contribution < -0.4 is 10.6 Å². The lowest BCUT2D eigenvalue weighted by Gasteiger charge is -2.08. The van der Waals surface area contributed by atoms with Crippen LogP contribution in [-0.2, 0) is 7.05 Å². The van der Waals surface area contributed by atoms with Gasteiger partial charge in [-0.2, -0.15) is 5.10 Å². The third kappa shape index (κ3) is 3.30. The van der Waals surface area contributed by atoms with E-state index in [-0.39, 0.29) is 17.0 Å². The van der Waals surface area contributed by atoms with Crippen molar-refractivity contribution in [3.63, 3.8) is 0 Å². The number of phenolic OH excluding ortho intramolecular Hbond substituents is 1. The number of anilines is 2. The fraction of sp³-hybridized carbons (Fsp3) is 0.154. The number of aromatic hydroxyl groups is 1. The van der Waals surface area contributed by atoms with E-state index in [4.69, 9.17) is 5.11 Å². The maximum Gasteiger partial charge on any atom is 0.335 e. The second-order valence-electron chi connectivity index (χ2n) is 4.42. The van der Waals surface area contributed by atoms with E-state index in [2.05, 4.69) is 15.7 Å². The van der Waals surface area contributed by atoms with Gasteiger partial charge >= 0.3 is 12.0 Å². The van der Waals surface area contributed by atoms with Crippen LogP contribution in [0.15, 0.2) is 24.4 Å². The van der Waals surface area contributed by atoms with Crippen molar-refractivity contribution in [1.29, 1.82) is 0 Å². The number of aryl methyl sites for hydroxylation is 2. The van der Waals surface area contributed by atoms with Crippen LogP contribution in [0.4, 0.5) is 16.2 Å². The van der Waals surface area contributed by atoms with Crippen LogP contribution in [0, 0.1) is 6.92 Å². The van der Waals surface area contributed by atoms with Gasteiger partial charge in [0.05, 0.1) is 22.6 Å². The van der Waals surface area contributed by atoms with Crippen molar-refractivity contribution >= 4 is 23.4 Å². The predicted octanol–water partition coefficient (Wildman–Crippen LogP) is 1.78. The maximum atomic E-state index is 11.8. The number of carbonyl (C=O) groups excluding carboxylic acids is 1. The van der Waals surface area contributed by atoms with Gasteiger partial charge in [0.25, 0.3) is 0 Å². The van der Waals surface area contributed by atoms with E-state index < -0.39 is 12.0 Å². The Morgan fingerprint density at radius 3 is 2.43 bits per heavy atom. The average Bonchev–Trinajstić information content (AvgIpc) is 2.70. The van der Waals surface area contributed by atoms with Crippen molar-refractivity contribution in [3.05, 3.63) is 35.7 Å². The van der Waals surface area contributed by atoms with Gasteiger partial charge in [-0.05, 0) is 25.1 Å². The number of nitrogens with one attached hydrogen (secondary N) is 2. The number of aromatic nitrogens is 2. The SMILES string of the molecule is Cc1nn(C)cc1NC(=O)Nc1ccc(C(=O)O)cc1O. The zero-order chi connectivity index (χ0) is 15.6. The molecule has 1 heterocycles. The molecule has 110 valence electrons. The summed E-state index contributed by atoms with van der Waals surface area (Å²) >= 11 is 0. The van der Waals surface area contributed by atoms with Gasteiger partial charge in [-0.1, -0.05) is 0 Å². The predicted molar refractivity (Wildman–Crippen MR) is 75.7 cm³/mol. The summed E-state index contributed by atoms with van der Waals surface area (Å²) in [6.45, 7) is 1.74. The van der Waals surface area contributed by atoms with Gasteiger partial charge < -0.3 is 20.8 Å². The zero-order valence-electron chi connectivity index (χ0n) is 11.4. The fourth-order valence-electron chi connectivity index (χ4n) is 1.77. The molecule has 2 aromatic rings. The number of amides is 2. The second-order valence-corrected chi connectivity index (χ2v) is 4.42. The number of nitrogens with zero attached hydrogens (tertiary/aromatic N) is 2. The Kier molecular flexibility index (Phi) is 3.79. The maximum absolute atomic E-state index is 11.8. The van der Waals surface area contributed by atoms with Crippen molar-refractivity contribution in [2.75, 3.05) is 10.6 Å². The monoisotopic (exact) mass is 290 g/mol. The first-order chi connectivity index (χ1) is 9.86. The molecule has 0 fully saturated rings. The lowest BCUT2D eigenvalue weighted by atomic mass is 10.2. The van der Waals surface area contributed by atoms with E-state index in [1.165, 1.54) is 12.1 Å². The van der Waals surface area contributed by atoms with Crippen LogP contribution >= 0.6 is 0 Å². The third-order valence-corrected chi connectivity index (χ3v) is 2.75. The summed E-state index contributed by atoms with van der Waals surface area (Å²) in [5, 5.41) is 27.6. The minimum absolute atomic E-state index is 0.0680. The van der Waals surface area contributed by atoms with E-state index in [1.807, 2.05) is 0 Å². The van der Waals surface area contributed by atoms with Crippen molar-refractivity contribution < 1.29 is 19.8 Å². The molecule has 0 unspecified atom stereocenters. The Balaban J connectivity index is 2.09. The molecule has 0 aliphatic rings. The lowest BCUT2D eigenvalue weighted by molar-refractivity contribution is 0.0696. The molecule has 0 spiro atoms. The summed E-state index contributed by atoms with van der Waals surface area (Å²) in [4.78, 5) is 22.6. The number of phenols is 1. The number of hydrogen-bond donors (Lipinski definition) is 4. The smallest absolute Gasteiger partial charge is 0.335 e. The first-order valence-corrected chi connectivity index (χ1v) is 6.01. The Morgan fingerprint density at radius 2 is 1.90 bits per heavy atom. The molecule has 4 N–H and O–H groups in total. The Labute approximate surface area is 120 Å². The number of carboxylic acid groups (broad SMARTS) is 1. The molecule has 8 nitrogen and oxygen atoms in total. The quantitative estimate of drug-likeness (QED) is 0.643. The topological polar surface area (TPSA) is 116 Å². The molecule has 0 aliphatic carbocycles. The molecule has 0 saturated carbocycles. The van der Waals surface area contributed by atoms with Gasteiger partial charge in [-0.15, -0.1) is 0 Å². The van der Waals surface area contributed by atoms with Gasteiger partial charge in [0.15, 0.2) is 0 Å². The van der Waals surface area contributed by atoms with Crippen LogP contribution in [0.1, 0.15) is 16.1 Å². The summed E-state index contributed by atoms with van der Waals surface area (Å²) < 4.78 is 1.56. The number of carboxylic acids is 1. The fourth-order valence-corrected chi connectivity index (χ4v) is 1.77. The van der Waals surface area contributed by atoms with Crippen LogP contribution in [0.3, 0.4) is 0 Å². The van der Waals surface area contributed by atoms with Gasteiger partial charge in [-0.3, -0.25) is 4.68 Å². The zero-order valence-corrected chi connectivity index (χ0v) is 11.4. The first kappa shape index (κ1) is 14.4. The van der Waals surface area contributed by atoms with Crippen LogP contribution in [0.5, 0.6) is 5.75 Å². The molecule has 0 bridgehead atoms. The number of carbonyl (C=O) groups is 2. The number of benzene rings is 1. The average molecular weight is 290 g/mol. The summed E-state index contributed by atoms with van der Waals surface area (Å²) in [6.07, 6.45) is 1.64. The molecule has 1 aromatic carbocycles. The molecule has 8 heteroatoms. The van der Waals surface area contributed by atoms with Crippen LogP contribution in [0.25, 0.3) is 0 Å². The molecule has 0 aliphatic heterocycles. The second kappa shape index (κ2) is 5.53. The molecule has 1 aromatic heterocycles. The molecule has 0 atom stereocenters. The number of urea groups is 1. The summed E-state index contributed by atoms with van der Waals surface area (Å²) in [5.74, 6) is -1.49. The molecular formula is C13H14N4O4. The van der Waals surface area contributed by atoms with Crippen LogP contribution in [0.2, 0.25) is 0 Å². The Morgan fingerprint density at radius 1 is 1.24 bits per heavy atom. The highest BCUT2D eigenvalue weighted by Crippen LogP contribution is 2.24. The molecule has 21 heavy (non-hydrogen) atoms. The van der Waals surface area contributed by atoms with Crippen molar-refractivity contribution in [2.24, 2.45) is 7.05 Å². The standard InChI is InChI=1S/C13H14N4O4/c1-7-10(6-17(2)16-7)15-13(21)14-9-4-3-8(12(19)20)5-11(9)18/h3-6,18H,1-2H3,(H,19,20)(H2,14,15,21). The van der Waals surface area contributed by atoms with Crippen molar-refractivity contribution in [1.82, 2.24) is 9.78 Å². The van der Waals surface area contributed by atoms with E-state index in [9.17, 15) is 14.7 Å². The summed E-state index contributed by atoms with van der Waals surface area (Å²) in [7, 11) is 1.73. The van der Waals surface area contributed by atoms with Gasteiger partial charge in [0, 0.05) is 13.2 Å². The summed E-state index contributed by atoms with van der Waals surface area (Å²) in [6, 6.07) is 3.10. The summed E-state index contributed by atoms with van der Waals surface area (Å²) in [5.41, 5.74) is 1.23. The molecule has 0 radical (unpaired) electrons. The van der Waals surface area contributed by atoms with E-state index in [1.54, 1.807) is 24.9 Å². The normalized spacial score (nSPS) is 10.2. The van der Waals surface area contributed by atoms with E-state index in [0.29, 0.717) is 11.4 Å². The number of hydrogen-bond acceptors (Lipinski definition) is 4. The highest BCUT2D eigenvalue weighted by molar-refractivity contribution is 6.01. The van der Waals surface area contributed by atoms with E-state index in [0.717, 1.165) is 6.07 Å². The van der Waals surface area contributed by atoms with Gasteiger partial charge in [0.1, 0.15) is 5.75 Å². The molecular weight excluding hydrogens is 276 g/mol. The van der Waals surface area contributed by atoms with Crippen molar-refractivity contribution in [3.8, 4) is 5.75 Å². The highest BCUT2D eigenvalue weighted by Gasteiger charge is 2.12. The minimum atomic E-state index is -1.16. The van der Waals surface area contributed by atoms with Gasteiger partial charge in [0.2, 0.25) is 0 Å². The number of rotatable bonds is 3. The van der Waals surface area contributed by atoms with E-state index >= 15 is 0 Å². The van der Waals surface area contributed by atoms with Crippen LogP contribution in [-0.4, -0.2) is 32.0 Å². The third-order valence-electron chi connectivity index (χ3n) is 2.75. The Hall–Kier alpha value is -3.03. The highest BCUT2D eigenvalue weighted by atomic mass is 16.4. The van der Waals surface area contributed by atoms with Gasteiger partial charge in [-0.25, -0.2) is 9.59 Å².